The van der Waals surface area contributed by atoms with Gasteiger partial charge in [-0.3, -0.25) is 4.79 Å². The van der Waals surface area contributed by atoms with Gasteiger partial charge >= 0.3 is 0 Å². The highest BCUT2D eigenvalue weighted by Crippen LogP contribution is 2.40. The van der Waals surface area contributed by atoms with Gasteiger partial charge in [0.05, 0.1) is 25.7 Å². The number of likely N-dealkylation sites (tertiary alicyclic amines) is 1. The van der Waals surface area contributed by atoms with Crippen molar-refractivity contribution in [1.29, 1.82) is 0 Å². The summed E-state index contributed by atoms with van der Waals surface area (Å²) in [5.41, 5.74) is -0.0510. The molecule has 2 saturated heterocycles. The predicted octanol–water partition coefficient (Wildman–Crippen LogP) is 2.89. The second-order valence-corrected chi connectivity index (χ2v) is 7.52. The van der Waals surface area contributed by atoms with Crippen molar-refractivity contribution in [3.05, 3.63) is 35.0 Å². The summed E-state index contributed by atoms with van der Waals surface area (Å²) >= 11 is 1.65. The Hall–Kier alpha value is -1.17. The number of nitrogens with zero attached hydrogens (tertiary/aromatic N) is 1. The fourth-order valence-electron chi connectivity index (χ4n) is 3.73. The van der Waals surface area contributed by atoms with Crippen molar-refractivity contribution in [1.82, 2.24) is 4.90 Å². The zero-order chi connectivity index (χ0) is 16.1. The number of ether oxygens (including phenoxy) is 2. The lowest BCUT2D eigenvalue weighted by Crippen LogP contribution is -2.58. The zero-order valence-corrected chi connectivity index (χ0v) is 14.4. The van der Waals surface area contributed by atoms with Crippen molar-refractivity contribution < 1.29 is 14.3 Å². The average molecular weight is 335 g/mol. The van der Waals surface area contributed by atoms with Crippen LogP contribution in [0.4, 0.5) is 0 Å². The molecule has 3 rings (SSSR count). The Morgan fingerprint density at radius 2 is 2.52 bits per heavy atom. The third-order valence-electron chi connectivity index (χ3n) is 4.87. The molecule has 2 aliphatic heterocycles. The van der Waals surface area contributed by atoms with Crippen LogP contribution in [-0.4, -0.2) is 49.8 Å². The Balaban J connectivity index is 1.67. The fourth-order valence-corrected chi connectivity index (χ4v) is 4.43. The van der Waals surface area contributed by atoms with Crippen molar-refractivity contribution >= 4 is 17.2 Å². The smallest absolute Gasteiger partial charge is 0.227 e. The van der Waals surface area contributed by atoms with Crippen molar-refractivity contribution in [2.45, 2.75) is 31.8 Å². The van der Waals surface area contributed by atoms with Gasteiger partial charge in [0, 0.05) is 30.0 Å². The number of fused-ring (bicyclic) bond motifs is 1. The molecule has 3 heterocycles. The standard InChI is InChI=1S/C18H25NO3S/c1-2-9-21-14-18-7-4-10-22-16(18)6-8-19(13-18)17(20)12-15-5-3-11-23-15/h2-3,5,11,16H,1,4,6-10,12-14H2/t16-,18+/m1/s1. The SMILES string of the molecule is C=CCOC[C@@]12CCCO[C@@H]1CCN(C(=O)Cc1cccs1)C2. The molecule has 0 aromatic carbocycles. The number of rotatable bonds is 6. The molecule has 0 saturated carbocycles. The molecule has 0 bridgehead atoms. The van der Waals surface area contributed by atoms with Crippen LogP contribution in [0.25, 0.3) is 0 Å². The molecule has 2 fully saturated rings. The van der Waals surface area contributed by atoms with Crippen LogP contribution in [0.3, 0.4) is 0 Å². The minimum atomic E-state index is -0.0510. The maximum absolute atomic E-state index is 12.6. The van der Waals surface area contributed by atoms with Crippen LogP contribution in [0.15, 0.2) is 30.2 Å². The molecular formula is C18H25NO3S. The van der Waals surface area contributed by atoms with Gasteiger partial charge in [-0.25, -0.2) is 0 Å². The van der Waals surface area contributed by atoms with Crippen LogP contribution in [0, 0.1) is 5.41 Å². The van der Waals surface area contributed by atoms with Crippen molar-refractivity contribution in [2.75, 3.05) is 32.9 Å². The van der Waals surface area contributed by atoms with E-state index in [-0.39, 0.29) is 17.4 Å². The van der Waals surface area contributed by atoms with Crippen LogP contribution in [0.5, 0.6) is 0 Å². The molecule has 4 nitrogen and oxygen atoms in total. The summed E-state index contributed by atoms with van der Waals surface area (Å²) in [7, 11) is 0. The highest BCUT2D eigenvalue weighted by molar-refractivity contribution is 7.10. The Morgan fingerprint density at radius 3 is 3.30 bits per heavy atom. The number of carbonyl (C=O) groups is 1. The van der Waals surface area contributed by atoms with Crippen molar-refractivity contribution in [2.24, 2.45) is 5.41 Å². The van der Waals surface area contributed by atoms with Crippen molar-refractivity contribution in [3.8, 4) is 0 Å². The summed E-state index contributed by atoms with van der Waals surface area (Å²) in [6, 6.07) is 4.03. The first kappa shape index (κ1) is 16.7. The topological polar surface area (TPSA) is 38.8 Å². The highest BCUT2D eigenvalue weighted by Gasteiger charge is 2.47. The Labute approximate surface area is 142 Å². The third kappa shape index (κ3) is 3.84. The van der Waals surface area contributed by atoms with Crippen LogP contribution in [-0.2, 0) is 20.7 Å². The van der Waals surface area contributed by atoms with Crippen LogP contribution < -0.4 is 0 Å². The molecule has 23 heavy (non-hydrogen) atoms. The van der Waals surface area contributed by atoms with Gasteiger partial charge in [-0.1, -0.05) is 12.1 Å². The first-order valence-electron chi connectivity index (χ1n) is 8.34. The molecule has 0 N–H and O–H groups in total. The second kappa shape index (κ2) is 7.60. The molecule has 5 heteroatoms. The number of hydrogen-bond acceptors (Lipinski definition) is 4. The summed E-state index contributed by atoms with van der Waals surface area (Å²) in [6.07, 6.45) is 5.52. The fraction of sp³-hybridized carbons (Fsp3) is 0.611. The normalized spacial score (nSPS) is 27.5. The van der Waals surface area contributed by atoms with Crippen molar-refractivity contribution in [3.63, 3.8) is 0 Å². The molecule has 1 amide bonds. The van der Waals surface area contributed by atoms with Crippen LogP contribution in [0.1, 0.15) is 24.1 Å². The van der Waals surface area contributed by atoms with E-state index in [0.29, 0.717) is 19.6 Å². The number of thiophene rings is 1. The zero-order valence-electron chi connectivity index (χ0n) is 13.5. The molecule has 2 atom stereocenters. The lowest BCUT2D eigenvalue weighted by molar-refractivity contribution is -0.163. The van der Waals surface area contributed by atoms with Gasteiger partial charge in [0.2, 0.25) is 5.91 Å². The minimum Gasteiger partial charge on any atom is -0.377 e. The molecule has 126 valence electrons. The first-order valence-corrected chi connectivity index (χ1v) is 9.22. The van der Waals surface area contributed by atoms with E-state index in [1.54, 1.807) is 17.4 Å². The molecule has 1 aromatic heterocycles. The maximum atomic E-state index is 12.6. The van der Waals surface area contributed by atoms with E-state index in [4.69, 9.17) is 9.47 Å². The van der Waals surface area contributed by atoms with Gasteiger partial charge in [0.25, 0.3) is 0 Å². The summed E-state index contributed by atoms with van der Waals surface area (Å²) in [5, 5.41) is 2.02. The van der Waals surface area contributed by atoms with Gasteiger partial charge in [0.15, 0.2) is 0 Å². The lowest BCUT2D eigenvalue weighted by atomic mass is 9.73. The van der Waals surface area contributed by atoms with Gasteiger partial charge < -0.3 is 14.4 Å². The number of carbonyl (C=O) groups excluding carboxylic acids is 1. The molecule has 1 aromatic rings. The van der Waals surface area contributed by atoms with Crippen LogP contribution in [0.2, 0.25) is 0 Å². The van der Waals surface area contributed by atoms with Gasteiger partial charge in [-0.05, 0) is 30.7 Å². The molecule has 2 aliphatic rings. The molecular weight excluding hydrogens is 310 g/mol. The first-order chi connectivity index (χ1) is 11.2. The minimum absolute atomic E-state index is 0.0510. The lowest BCUT2D eigenvalue weighted by Gasteiger charge is -2.50. The third-order valence-corrected chi connectivity index (χ3v) is 5.75. The largest absolute Gasteiger partial charge is 0.377 e. The Morgan fingerprint density at radius 1 is 1.61 bits per heavy atom. The van der Waals surface area contributed by atoms with E-state index in [1.165, 1.54) is 0 Å². The van der Waals surface area contributed by atoms with E-state index in [1.807, 2.05) is 22.4 Å². The maximum Gasteiger partial charge on any atom is 0.227 e. The Bertz CT molecular complexity index is 530. The van der Waals surface area contributed by atoms with E-state index in [0.717, 1.165) is 43.8 Å². The molecule has 0 unspecified atom stereocenters. The van der Waals surface area contributed by atoms with E-state index in [9.17, 15) is 4.79 Å². The average Bonchev–Trinajstić information content (AvgIpc) is 3.07. The highest BCUT2D eigenvalue weighted by atomic mass is 32.1. The van der Waals surface area contributed by atoms with Gasteiger partial charge in [0.1, 0.15) is 0 Å². The number of piperidine rings is 1. The monoisotopic (exact) mass is 335 g/mol. The Kier molecular flexibility index (Phi) is 5.51. The van der Waals surface area contributed by atoms with Gasteiger partial charge in [-0.2, -0.15) is 0 Å². The summed E-state index contributed by atoms with van der Waals surface area (Å²) in [5.74, 6) is 0.222. The van der Waals surface area contributed by atoms with E-state index >= 15 is 0 Å². The van der Waals surface area contributed by atoms with E-state index < -0.39 is 0 Å². The number of amides is 1. The van der Waals surface area contributed by atoms with E-state index in [2.05, 4.69) is 6.58 Å². The summed E-state index contributed by atoms with van der Waals surface area (Å²) in [4.78, 5) is 15.8. The quantitative estimate of drug-likeness (QED) is 0.593. The summed E-state index contributed by atoms with van der Waals surface area (Å²) < 4.78 is 11.8. The predicted molar refractivity (Wildman–Crippen MR) is 91.6 cm³/mol. The van der Waals surface area contributed by atoms with Crippen LogP contribution >= 0.6 is 11.3 Å². The molecule has 0 radical (unpaired) electrons. The molecule has 0 aliphatic carbocycles. The number of hydrogen-bond donors (Lipinski definition) is 0. The second-order valence-electron chi connectivity index (χ2n) is 6.49. The summed E-state index contributed by atoms with van der Waals surface area (Å²) in [6.45, 7) is 7.28. The molecule has 0 spiro atoms. The van der Waals surface area contributed by atoms with Gasteiger partial charge in [-0.15, -0.1) is 17.9 Å².